The monoisotopic (exact) mass is 314 g/mol. The topological polar surface area (TPSA) is 20.2 Å². The fraction of sp³-hybridized carbons (Fsp3) is 1.00. The molecule has 94 valence electrons. The minimum Gasteiger partial charge on any atom is -0.369 e. The lowest BCUT2D eigenvalue weighted by Gasteiger charge is -2.32. The molecular formula is C10H18OS5. The zero-order chi connectivity index (χ0) is 11.6. The summed E-state index contributed by atoms with van der Waals surface area (Å²) < 4.78 is 0.115. The quantitative estimate of drug-likeness (QED) is 0.734. The molecule has 2 rings (SSSR count). The molecule has 0 saturated carbocycles. The van der Waals surface area contributed by atoms with Crippen LogP contribution in [0.4, 0.5) is 0 Å². The van der Waals surface area contributed by atoms with Crippen molar-refractivity contribution in [3.8, 4) is 0 Å². The van der Waals surface area contributed by atoms with Crippen LogP contribution in [0.15, 0.2) is 0 Å². The summed E-state index contributed by atoms with van der Waals surface area (Å²) in [5.41, 5.74) is 0. The minimum absolute atomic E-state index is 0.553. The maximum Gasteiger partial charge on any atom is 0.166 e. The molecule has 2 unspecified atom stereocenters. The summed E-state index contributed by atoms with van der Waals surface area (Å²) in [6.45, 7) is 4.52. The van der Waals surface area contributed by atoms with Gasteiger partial charge in [-0.25, -0.2) is 0 Å². The van der Waals surface area contributed by atoms with Gasteiger partial charge < -0.3 is 5.11 Å². The Morgan fingerprint density at radius 3 is 2.44 bits per heavy atom. The van der Waals surface area contributed by atoms with Crippen molar-refractivity contribution in [2.45, 2.75) is 33.2 Å². The predicted molar refractivity (Wildman–Crippen MR) is 85.1 cm³/mol. The van der Waals surface area contributed by atoms with Gasteiger partial charge in [0, 0.05) is 33.5 Å². The van der Waals surface area contributed by atoms with Gasteiger partial charge >= 0.3 is 0 Å². The maximum absolute atomic E-state index is 10.6. The summed E-state index contributed by atoms with van der Waals surface area (Å²) in [4.78, 5) is 0. The van der Waals surface area contributed by atoms with E-state index in [1.807, 2.05) is 11.8 Å². The molecule has 4 atom stereocenters. The van der Waals surface area contributed by atoms with Crippen LogP contribution in [-0.4, -0.2) is 47.5 Å². The molecule has 2 heterocycles. The molecule has 0 aromatic carbocycles. The molecule has 16 heavy (non-hydrogen) atoms. The number of hydrogen-bond acceptors (Lipinski definition) is 6. The average molecular weight is 315 g/mol. The molecular weight excluding hydrogens is 296 g/mol. The highest BCUT2D eigenvalue weighted by atomic mass is 32.2. The molecule has 6 heteroatoms. The first kappa shape index (κ1) is 14.1. The highest BCUT2D eigenvalue weighted by molar-refractivity contribution is 8.23. The Morgan fingerprint density at radius 2 is 1.69 bits per heavy atom. The van der Waals surface area contributed by atoms with Crippen LogP contribution in [0.2, 0.25) is 0 Å². The lowest BCUT2D eigenvalue weighted by Crippen LogP contribution is -2.30. The Kier molecular flexibility index (Phi) is 5.51. The number of thioether (sulfide) groups is 5. The first-order valence-corrected chi connectivity index (χ1v) is 10.5. The SMILES string of the molecule is CC1CSC2CS[C@@](O)(CS1)S[C@H](C)CS2. The Bertz CT molecular complexity index is 235. The third-order valence-corrected chi connectivity index (χ3v) is 11.0. The summed E-state index contributed by atoms with van der Waals surface area (Å²) in [6.07, 6.45) is 0. The van der Waals surface area contributed by atoms with Crippen molar-refractivity contribution < 1.29 is 5.11 Å². The van der Waals surface area contributed by atoms with Gasteiger partial charge in [0.25, 0.3) is 0 Å². The van der Waals surface area contributed by atoms with Crippen LogP contribution >= 0.6 is 58.8 Å². The van der Waals surface area contributed by atoms with Crippen LogP contribution in [0.3, 0.4) is 0 Å². The van der Waals surface area contributed by atoms with Crippen molar-refractivity contribution in [2.75, 3.05) is 23.0 Å². The summed E-state index contributed by atoms with van der Waals surface area (Å²) in [5.74, 6) is 4.34. The number of rotatable bonds is 0. The molecule has 2 fully saturated rings. The van der Waals surface area contributed by atoms with E-state index in [1.54, 1.807) is 23.5 Å². The van der Waals surface area contributed by atoms with E-state index in [9.17, 15) is 5.11 Å². The Balaban J connectivity index is 2.10. The van der Waals surface area contributed by atoms with Crippen LogP contribution in [0.25, 0.3) is 0 Å². The standard InChI is InChI=1S/C10H18OS5/c1-7-3-12-9-5-15-10(11,6-14-7)16-8(2)4-13-9/h7-9,11H,3-6H2,1-2H3/t7?,8-,9?,10+/m1/s1. The Hall–Kier alpha value is 1.71. The van der Waals surface area contributed by atoms with E-state index < -0.39 is 4.27 Å². The van der Waals surface area contributed by atoms with Gasteiger partial charge in [0.2, 0.25) is 0 Å². The molecule has 0 aliphatic carbocycles. The van der Waals surface area contributed by atoms with Gasteiger partial charge in [-0.1, -0.05) is 13.8 Å². The highest BCUT2D eigenvalue weighted by Gasteiger charge is 2.35. The van der Waals surface area contributed by atoms with E-state index >= 15 is 0 Å². The second kappa shape index (κ2) is 6.24. The fourth-order valence-corrected chi connectivity index (χ4v) is 9.22. The lowest BCUT2D eigenvalue weighted by atomic mass is 10.6. The van der Waals surface area contributed by atoms with E-state index in [0.29, 0.717) is 15.1 Å². The largest absolute Gasteiger partial charge is 0.369 e. The Morgan fingerprint density at radius 1 is 1.00 bits per heavy atom. The smallest absolute Gasteiger partial charge is 0.166 e. The van der Waals surface area contributed by atoms with Crippen LogP contribution in [0.1, 0.15) is 13.8 Å². The van der Waals surface area contributed by atoms with E-state index in [1.165, 1.54) is 11.5 Å². The Labute approximate surface area is 119 Å². The first-order chi connectivity index (χ1) is 7.57. The molecule has 0 radical (unpaired) electrons. The predicted octanol–water partition coefficient (Wildman–Crippen LogP) is 3.43. The second-order valence-corrected chi connectivity index (χ2v) is 11.6. The van der Waals surface area contributed by atoms with E-state index in [4.69, 9.17) is 0 Å². The van der Waals surface area contributed by atoms with Crippen molar-refractivity contribution in [3.63, 3.8) is 0 Å². The van der Waals surface area contributed by atoms with E-state index in [2.05, 4.69) is 37.4 Å². The zero-order valence-electron chi connectivity index (χ0n) is 9.55. The van der Waals surface area contributed by atoms with Gasteiger partial charge in [0.1, 0.15) is 0 Å². The van der Waals surface area contributed by atoms with Gasteiger partial charge in [-0.15, -0.1) is 47.0 Å². The lowest BCUT2D eigenvalue weighted by molar-refractivity contribution is 0.255. The van der Waals surface area contributed by atoms with Gasteiger partial charge in [0.15, 0.2) is 4.27 Å². The van der Waals surface area contributed by atoms with Crippen molar-refractivity contribution >= 4 is 58.8 Å². The molecule has 0 aromatic heterocycles. The molecule has 1 nitrogen and oxygen atoms in total. The van der Waals surface area contributed by atoms with Crippen molar-refractivity contribution in [1.29, 1.82) is 0 Å². The molecule has 2 saturated heterocycles. The van der Waals surface area contributed by atoms with E-state index in [0.717, 1.165) is 11.5 Å². The molecule has 2 bridgehead atoms. The van der Waals surface area contributed by atoms with Gasteiger partial charge in [-0.2, -0.15) is 11.8 Å². The van der Waals surface area contributed by atoms with Crippen LogP contribution < -0.4 is 0 Å². The third-order valence-electron chi connectivity index (χ3n) is 2.41. The molecule has 2 aliphatic heterocycles. The van der Waals surface area contributed by atoms with Gasteiger partial charge in [0.05, 0.1) is 4.58 Å². The van der Waals surface area contributed by atoms with Crippen molar-refractivity contribution in [3.05, 3.63) is 0 Å². The van der Waals surface area contributed by atoms with Crippen molar-refractivity contribution in [1.82, 2.24) is 0 Å². The summed E-state index contributed by atoms with van der Waals surface area (Å²) in [5, 5.41) is 11.8. The fourth-order valence-electron chi connectivity index (χ4n) is 1.58. The van der Waals surface area contributed by atoms with Crippen LogP contribution in [0.5, 0.6) is 0 Å². The molecule has 0 aromatic rings. The van der Waals surface area contributed by atoms with Crippen LogP contribution in [-0.2, 0) is 0 Å². The van der Waals surface area contributed by atoms with Crippen LogP contribution in [0, 0.1) is 0 Å². The second-order valence-electron chi connectivity index (χ2n) is 4.17. The normalized spacial score (nSPS) is 46.3. The number of aliphatic hydroxyl groups is 1. The minimum atomic E-state index is -0.553. The molecule has 1 N–H and O–H groups in total. The first-order valence-electron chi connectivity index (χ1n) is 5.46. The molecule has 0 amide bonds. The molecule has 0 spiro atoms. The van der Waals surface area contributed by atoms with Gasteiger partial charge in [-0.05, 0) is 0 Å². The average Bonchev–Trinajstić information content (AvgIpc) is 2.27. The highest BCUT2D eigenvalue weighted by Crippen LogP contribution is 2.48. The maximum atomic E-state index is 10.6. The number of fused-ring (bicyclic) bond motifs is 3. The number of hydrogen-bond donors (Lipinski definition) is 1. The summed E-state index contributed by atoms with van der Waals surface area (Å²) in [7, 11) is 0. The van der Waals surface area contributed by atoms with Gasteiger partial charge in [-0.3, -0.25) is 0 Å². The molecule has 2 aliphatic rings. The summed E-state index contributed by atoms with van der Waals surface area (Å²) >= 11 is 9.60. The van der Waals surface area contributed by atoms with Crippen molar-refractivity contribution in [2.24, 2.45) is 0 Å². The van der Waals surface area contributed by atoms with E-state index in [-0.39, 0.29) is 0 Å². The zero-order valence-corrected chi connectivity index (χ0v) is 13.6. The third kappa shape index (κ3) is 4.12. The summed E-state index contributed by atoms with van der Waals surface area (Å²) in [6, 6.07) is 0.